The number of nitrogens with zero attached hydrogens (tertiary/aromatic N) is 1. The molecule has 1 aliphatic carbocycles. The summed E-state index contributed by atoms with van der Waals surface area (Å²) in [6.45, 7) is 9.41. The average molecular weight is 169 g/mol. The van der Waals surface area contributed by atoms with Gasteiger partial charge in [0, 0.05) is 6.04 Å². The lowest BCUT2D eigenvalue weighted by molar-refractivity contribution is 0.153. The monoisotopic (exact) mass is 169 g/mol. The van der Waals surface area contributed by atoms with Crippen molar-refractivity contribution < 1.29 is 0 Å². The Bertz CT molecular complexity index is 110. The fraction of sp³-hybridized carbons (Fsp3) is 1.00. The van der Waals surface area contributed by atoms with Gasteiger partial charge in [0.15, 0.2) is 0 Å². The van der Waals surface area contributed by atoms with Crippen LogP contribution in [-0.2, 0) is 0 Å². The van der Waals surface area contributed by atoms with Crippen LogP contribution < -0.4 is 0 Å². The van der Waals surface area contributed by atoms with Gasteiger partial charge in [-0.25, -0.2) is 0 Å². The maximum Gasteiger partial charge on any atom is 0.00952 e. The van der Waals surface area contributed by atoms with Crippen LogP contribution in [0.25, 0.3) is 0 Å². The van der Waals surface area contributed by atoms with Crippen molar-refractivity contribution in [2.75, 3.05) is 13.1 Å². The Morgan fingerprint density at radius 2 is 1.50 bits per heavy atom. The van der Waals surface area contributed by atoms with Crippen molar-refractivity contribution >= 4 is 0 Å². The highest BCUT2D eigenvalue weighted by Crippen LogP contribution is 2.26. The van der Waals surface area contributed by atoms with Crippen LogP contribution in [0.15, 0.2) is 0 Å². The molecule has 0 aromatic carbocycles. The summed E-state index contributed by atoms with van der Waals surface area (Å²) in [4.78, 5) is 2.62. The van der Waals surface area contributed by atoms with Gasteiger partial charge >= 0.3 is 0 Å². The van der Waals surface area contributed by atoms with Crippen molar-refractivity contribution in [3.05, 3.63) is 0 Å². The molecule has 1 aliphatic rings. The second kappa shape index (κ2) is 4.86. The van der Waals surface area contributed by atoms with Gasteiger partial charge in [0.25, 0.3) is 0 Å². The number of hydrogen-bond acceptors (Lipinski definition) is 1. The lowest BCUT2D eigenvalue weighted by Gasteiger charge is -2.34. The Morgan fingerprint density at radius 1 is 1.00 bits per heavy atom. The molecule has 0 radical (unpaired) electrons. The van der Waals surface area contributed by atoms with E-state index in [-0.39, 0.29) is 0 Å². The number of hydrogen-bond donors (Lipinski definition) is 0. The third-order valence-corrected chi connectivity index (χ3v) is 3.31. The van der Waals surface area contributed by atoms with E-state index in [9.17, 15) is 0 Å². The summed E-state index contributed by atoms with van der Waals surface area (Å²) in [6.07, 6.45) is 5.76. The lowest BCUT2D eigenvalue weighted by atomic mass is 9.86. The minimum Gasteiger partial charge on any atom is -0.301 e. The Morgan fingerprint density at radius 3 is 1.92 bits per heavy atom. The van der Waals surface area contributed by atoms with Crippen LogP contribution >= 0.6 is 0 Å². The van der Waals surface area contributed by atoms with Gasteiger partial charge < -0.3 is 4.90 Å². The summed E-state index contributed by atoms with van der Waals surface area (Å²) < 4.78 is 0. The van der Waals surface area contributed by atoms with Gasteiger partial charge in [-0.2, -0.15) is 0 Å². The smallest absolute Gasteiger partial charge is 0.00952 e. The molecule has 0 aromatic heterocycles. The quantitative estimate of drug-likeness (QED) is 0.628. The standard InChI is InChI=1S/C11H23N/c1-4-12(5-2)11-8-6-10(3)7-9-11/h10-11H,4-9H2,1-3H3. The predicted octanol–water partition coefficient (Wildman–Crippen LogP) is 2.91. The van der Waals surface area contributed by atoms with E-state index in [1.54, 1.807) is 0 Å². The molecule has 0 spiro atoms. The van der Waals surface area contributed by atoms with Crippen LogP contribution in [0.5, 0.6) is 0 Å². The zero-order valence-electron chi connectivity index (χ0n) is 8.84. The molecule has 0 bridgehead atoms. The lowest BCUT2D eigenvalue weighted by Crippen LogP contribution is -2.37. The maximum absolute atomic E-state index is 2.62. The fourth-order valence-corrected chi connectivity index (χ4v) is 2.35. The molecule has 0 aromatic rings. The predicted molar refractivity (Wildman–Crippen MR) is 54.3 cm³/mol. The van der Waals surface area contributed by atoms with Gasteiger partial charge in [-0.05, 0) is 44.7 Å². The topological polar surface area (TPSA) is 3.24 Å². The molecule has 0 heterocycles. The second-order valence-corrected chi connectivity index (χ2v) is 4.13. The van der Waals surface area contributed by atoms with Crippen molar-refractivity contribution in [3.63, 3.8) is 0 Å². The van der Waals surface area contributed by atoms with Crippen LogP contribution in [0.3, 0.4) is 0 Å². The summed E-state index contributed by atoms with van der Waals surface area (Å²) in [6, 6.07) is 0.899. The SMILES string of the molecule is CCN(CC)C1CCC(C)CC1. The average Bonchev–Trinajstić information content (AvgIpc) is 2.10. The third-order valence-electron chi connectivity index (χ3n) is 3.31. The molecule has 12 heavy (non-hydrogen) atoms. The zero-order valence-corrected chi connectivity index (χ0v) is 8.84. The minimum absolute atomic E-state index is 0.899. The molecule has 1 rings (SSSR count). The molecular formula is C11H23N. The first-order valence-electron chi connectivity index (χ1n) is 5.52. The first kappa shape index (κ1) is 10.0. The first-order chi connectivity index (χ1) is 5.77. The largest absolute Gasteiger partial charge is 0.301 e. The highest BCUT2D eigenvalue weighted by Gasteiger charge is 2.21. The summed E-state index contributed by atoms with van der Waals surface area (Å²) in [5, 5.41) is 0. The van der Waals surface area contributed by atoms with Crippen molar-refractivity contribution in [2.24, 2.45) is 5.92 Å². The van der Waals surface area contributed by atoms with Gasteiger partial charge in [-0.1, -0.05) is 20.8 Å². The minimum atomic E-state index is 0.899. The molecule has 1 fully saturated rings. The van der Waals surface area contributed by atoms with E-state index in [4.69, 9.17) is 0 Å². The Kier molecular flexibility index (Phi) is 4.07. The van der Waals surface area contributed by atoms with Gasteiger partial charge in [0.1, 0.15) is 0 Å². The highest BCUT2D eigenvalue weighted by molar-refractivity contribution is 4.76. The summed E-state index contributed by atoms with van der Waals surface area (Å²) in [7, 11) is 0. The normalized spacial score (nSPS) is 31.0. The molecule has 0 amide bonds. The third kappa shape index (κ3) is 2.48. The van der Waals surface area contributed by atoms with Crippen LogP contribution in [0.4, 0.5) is 0 Å². The molecule has 0 N–H and O–H groups in total. The Balaban J connectivity index is 2.32. The molecule has 72 valence electrons. The van der Waals surface area contributed by atoms with Crippen LogP contribution in [0, 0.1) is 5.92 Å². The van der Waals surface area contributed by atoms with E-state index in [2.05, 4.69) is 25.7 Å². The highest BCUT2D eigenvalue weighted by atomic mass is 15.1. The van der Waals surface area contributed by atoms with Gasteiger partial charge in [-0.3, -0.25) is 0 Å². The van der Waals surface area contributed by atoms with Gasteiger partial charge in [0.05, 0.1) is 0 Å². The Labute approximate surface area is 77.1 Å². The molecule has 0 unspecified atom stereocenters. The molecule has 1 nitrogen and oxygen atoms in total. The molecule has 1 saturated carbocycles. The Hall–Kier alpha value is -0.0400. The summed E-state index contributed by atoms with van der Waals surface area (Å²) in [5.41, 5.74) is 0. The first-order valence-corrected chi connectivity index (χ1v) is 5.52. The molecule has 1 heteroatoms. The van der Waals surface area contributed by atoms with Crippen LogP contribution in [0.2, 0.25) is 0 Å². The van der Waals surface area contributed by atoms with E-state index in [0.717, 1.165) is 12.0 Å². The zero-order chi connectivity index (χ0) is 8.97. The van der Waals surface area contributed by atoms with E-state index in [1.165, 1.54) is 38.8 Å². The van der Waals surface area contributed by atoms with Crippen molar-refractivity contribution in [1.29, 1.82) is 0 Å². The van der Waals surface area contributed by atoms with E-state index >= 15 is 0 Å². The molecule has 0 saturated heterocycles. The van der Waals surface area contributed by atoms with Crippen molar-refractivity contribution in [1.82, 2.24) is 4.90 Å². The van der Waals surface area contributed by atoms with E-state index < -0.39 is 0 Å². The molecule has 0 atom stereocenters. The maximum atomic E-state index is 2.62. The van der Waals surface area contributed by atoms with Crippen LogP contribution in [-0.4, -0.2) is 24.0 Å². The summed E-state index contributed by atoms with van der Waals surface area (Å²) >= 11 is 0. The second-order valence-electron chi connectivity index (χ2n) is 4.13. The fourth-order valence-electron chi connectivity index (χ4n) is 2.35. The van der Waals surface area contributed by atoms with Crippen molar-refractivity contribution in [3.8, 4) is 0 Å². The number of rotatable bonds is 3. The molecular weight excluding hydrogens is 146 g/mol. The van der Waals surface area contributed by atoms with E-state index in [1.807, 2.05) is 0 Å². The molecule has 0 aliphatic heterocycles. The van der Waals surface area contributed by atoms with Crippen molar-refractivity contribution in [2.45, 2.75) is 52.5 Å². The van der Waals surface area contributed by atoms with E-state index in [0.29, 0.717) is 0 Å². The van der Waals surface area contributed by atoms with Gasteiger partial charge in [0.2, 0.25) is 0 Å². The summed E-state index contributed by atoms with van der Waals surface area (Å²) in [5.74, 6) is 0.983. The van der Waals surface area contributed by atoms with Crippen LogP contribution in [0.1, 0.15) is 46.5 Å². The van der Waals surface area contributed by atoms with Gasteiger partial charge in [-0.15, -0.1) is 0 Å².